The topological polar surface area (TPSA) is 85.6 Å². The summed E-state index contributed by atoms with van der Waals surface area (Å²) in [5, 5.41) is 10.9. The number of rotatable bonds is 8. The summed E-state index contributed by atoms with van der Waals surface area (Å²) in [6, 6.07) is 15.0. The van der Waals surface area contributed by atoms with Crippen LogP contribution in [0.5, 0.6) is 0 Å². The molecule has 3 aromatic rings. The first-order valence-corrected chi connectivity index (χ1v) is 8.72. The molecule has 0 saturated carbocycles. The fourth-order valence-electron chi connectivity index (χ4n) is 3.06. The van der Waals surface area contributed by atoms with E-state index in [-0.39, 0.29) is 5.56 Å². The summed E-state index contributed by atoms with van der Waals surface area (Å²) < 4.78 is 2.23. The lowest BCUT2D eigenvalue weighted by Gasteiger charge is -2.10. The molecule has 0 aliphatic carbocycles. The number of fused-ring (bicyclic) bond motifs is 1. The minimum Gasteiger partial charge on any atom is -0.545 e. The molecule has 3 N–H and O–H groups in total. The van der Waals surface area contributed by atoms with Crippen molar-refractivity contribution in [3.8, 4) is 0 Å². The molecule has 0 radical (unpaired) electrons. The van der Waals surface area contributed by atoms with Gasteiger partial charge in [0.1, 0.15) is 5.82 Å². The van der Waals surface area contributed by atoms with Crippen molar-refractivity contribution in [1.82, 2.24) is 9.55 Å². The van der Waals surface area contributed by atoms with Gasteiger partial charge >= 0.3 is 0 Å². The summed E-state index contributed by atoms with van der Waals surface area (Å²) in [5.74, 6) is -0.0695. The Morgan fingerprint density at radius 1 is 1.04 bits per heavy atom. The Bertz CT molecular complexity index is 853. The van der Waals surface area contributed by atoms with Crippen LogP contribution in [0.4, 0.5) is 0 Å². The maximum absolute atomic E-state index is 10.9. The van der Waals surface area contributed by atoms with Crippen LogP contribution in [0, 0.1) is 0 Å². The van der Waals surface area contributed by atoms with E-state index in [1.807, 2.05) is 30.3 Å². The number of hydrogen-bond donors (Lipinski definition) is 1. The first kappa shape index (κ1) is 17.2. The summed E-state index contributed by atoms with van der Waals surface area (Å²) in [7, 11) is 0. The van der Waals surface area contributed by atoms with Gasteiger partial charge in [0.25, 0.3) is 0 Å². The Balaban J connectivity index is 1.86. The maximum atomic E-state index is 10.9. The lowest BCUT2D eigenvalue weighted by molar-refractivity contribution is -0.368. The lowest BCUT2D eigenvalue weighted by atomic mass is 10.1. The van der Waals surface area contributed by atoms with Crippen molar-refractivity contribution in [1.29, 1.82) is 0 Å². The normalized spacial score (nSPS) is 11.1. The highest BCUT2D eigenvalue weighted by Gasteiger charge is 2.11. The minimum absolute atomic E-state index is 0.202. The highest BCUT2D eigenvalue weighted by atomic mass is 16.4. The average molecular weight is 337 g/mol. The van der Waals surface area contributed by atoms with E-state index in [0.29, 0.717) is 6.54 Å². The Hall–Kier alpha value is -2.66. The van der Waals surface area contributed by atoms with Crippen LogP contribution in [0.25, 0.3) is 11.0 Å². The molecule has 0 spiro atoms. The molecular formula is C20H23N3O2. The van der Waals surface area contributed by atoms with E-state index in [4.69, 9.17) is 4.98 Å². The van der Waals surface area contributed by atoms with E-state index in [1.54, 1.807) is 12.1 Å². The van der Waals surface area contributed by atoms with Gasteiger partial charge in [-0.1, -0.05) is 36.4 Å². The van der Waals surface area contributed by atoms with E-state index in [2.05, 4.69) is 16.4 Å². The van der Waals surface area contributed by atoms with Crippen molar-refractivity contribution < 1.29 is 15.6 Å². The molecule has 25 heavy (non-hydrogen) atoms. The molecule has 2 aromatic carbocycles. The second kappa shape index (κ2) is 7.94. The highest BCUT2D eigenvalue weighted by molar-refractivity contribution is 5.85. The number of quaternary nitrogens is 1. The van der Waals surface area contributed by atoms with Gasteiger partial charge in [0, 0.05) is 13.0 Å². The fraction of sp³-hybridized carbons (Fsp3) is 0.300. The number of aromatic carboxylic acids is 1. The van der Waals surface area contributed by atoms with E-state index in [0.717, 1.165) is 54.6 Å². The number of benzene rings is 2. The van der Waals surface area contributed by atoms with Gasteiger partial charge in [-0.2, -0.15) is 0 Å². The molecule has 5 nitrogen and oxygen atoms in total. The van der Waals surface area contributed by atoms with Crippen molar-refractivity contribution in [2.24, 2.45) is 0 Å². The molecule has 0 fully saturated rings. The molecule has 0 amide bonds. The van der Waals surface area contributed by atoms with Gasteiger partial charge in [0.15, 0.2) is 0 Å². The van der Waals surface area contributed by atoms with Gasteiger partial charge in [-0.15, -0.1) is 0 Å². The van der Waals surface area contributed by atoms with E-state index in [9.17, 15) is 9.90 Å². The second-order valence-corrected chi connectivity index (χ2v) is 6.25. The van der Waals surface area contributed by atoms with Crippen molar-refractivity contribution in [3.63, 3.8) is 0 Å². The molecule has 0 bridgehead atoms. The van der Waals surface area contributed by atoms with Crippen LogP contribution < -0.4 is 10.8 Å². The van der Waals surface area contributed by atoms with Gasteiger partial charge in [-0.25, -0.2) is 4.98 Å². The van der Waals surface area contributed by atoms with Crippen molar-refractivity contribution in [2.75, 3.05) is 6.54 Å². The number of imidazole rings is 1. The number of carbonyl (C=O) groups excluding carboxylic acids is 1. The number of unbranched alkanes of at least 4 members (excludes halogenated alkanes) is 2. The van der Waals surface area contributed by atoms with Gasteiger partial charge in [-0.05, 0) is 42.5 Å². The SMILES string of the molecule is [NH3+]CCCCCc1nc2ccccc2n1Cc1ccc(C(=O)[O-])cc1. The van der Waals surface area contributed by atoms with Crippen LogP contribution in [-0.2, 0) is 13.0 Å². The molecule has 0 saturated heterocycles. The Kier molecular flexibility index (Phi) is 5.46. The largest absolute Gasteiger partial charge is 0.545 e. The second-order valence-electron chi connectivity index (χ2n) is 6.25. The van der Waals surface area contributed by atoms with E-state index >= 15 is 0 Å². The summed E-state index contributed by atoms with van der Waals surface area (Å²) in [6.45, 7) is 1.65. The molecule has 0 aliphatic heterocycles. The molecule has 0 aliphatic rings. The molecule has 0 unspecified atom stereocenters. The first-order valence-electron chi connectivity index (χ1n) is 8.72. The Morgan fingerprint density at radius 3 is 2.52 bits per heavy atom. The predicted octanol–water partition coefficient (Wildman–Crippen LogP) is 1.40. The zero-order valence-corrected chi connectivity index (χ0v) is 14.3. The molecule has 0 atom stereocenters. The molecule has 1 aromatic heterocycles. The zero-order chi connectivity index (χ0) is 17.6. The van der Waals surface area contributed by atoms with Crippen LogP contribution in [0.15, 0.2) is 48.5 Å². The summed E-state index contributed by atoms with van der Waals surface area (Å²) in [6.07, 6.45) is 4.34. The fourth-order valence-corrected chi connectivity index (χ4v) is 3.06. The number of hydrogen-bond acceptors (Lipinski definition) is 3. The summed E-state index contributed by atoms with van der Waals surface area (Å²) >= 11 is 0. The van der Waals surface area contributed by atoms with E-state index in [1.165, 1.54) is 0 Å². The molecule has 3 rings (SSSR count). The van der Waals surface area contributed by atoms with Crippen LogP contribution in [-0.4, -0.2) is 22.1 Å². The number of carboxylic acids is 1. The molecule has 1 heterocycles. The quantitative estimate of drug-likeness (QED) is 0.631. The summed E-state index contributed by atoms with van der Waals surface area (Å²) in [5.41, 5.74) is 7.25. The smallest absolute Gasteiger partial charge is 0.110 e. The van der Waals surface area contributed by atoms with Crippen molar-refractivity contribution in [2.45, 2.75) is 32.2 Å². The van der Waals surface area contributed by atoms with E-state index < -0.39 is 5.97 Å². The Labute approximate surface area is 147 Å². The number of nitrogens with zero attached hydrogens (tertiary/aromatic N) is 2. The predicted molar refractivity (Wildman–Crippen MR) is 94.9 cm³/mol. The summed E-state index contributed by atoms with van der Waals surface area (Å²) in [4.78, 5) is 15.7. The first-order chi connectivity index (χ1) is 12.2. The third kappa shape index (κ3) is 4.06. The molecule has 130 valence electrons. The number of aromatic nitrogens is 2. The average Bonchev–Trinajstić information content (AvgIpc) is 2.97. The van der Waals surface area contributed by atoms with Crippen LogP contribution in [0.3, 0.4) is 0 Å². The molecule has 5 heteroatoms. The van der Waals surface area contributed by atoms with Gasteiger partial charge in [0.05, 0.1) is 23.5 Å². The zero-order valence-electron chi connectivity index (χ0n) is 14.3. The van der Waals surface area contributed by atoms with Crippen molar-refractivity contribution >= 4 is 17.0 Å². The number of carboxylic acid groups (broad SMARTS) is 1. The third-order valence-electron chi connectivity index (χ3n) is 4.41. The Morgan fingerprint density at radius 2 is 1.80 bits per heavy atom. The number of carbonyl (C=O) groups is 1. The van der Waals surface area contributed by atoms with Crippen LogP contribution in [0.2, 0.25) is 0 Å². The third-order valence-corrected chi connectivity index (χ3v) is 4.41. The van der Waals surface area contributed by atoms with Gasteiger partial charge < -0.3 is 20.2 Å². The van der Waals surface area contributed by atoms with Crippen LogP contribution in [0.1, 0.15) is 41.0 Å². The monoisotopic (exact) mass is 337 g/mol. The van der Waals surface area contributed by atoms with Crippen LogP contribution >= 0.6 is 0 Å². The van der Waals surface area contributed by atoms with Crippen molar-refractivity contribution in [3.05, 3.63) is 65.5 Å². The maximum Gasteiger partial charge on any atom is 0.110 e. The number of aryl methyl sites for hydroxylation is 1. The number of para-hydroxylation sites is 2. The highest BCUT2D eigenvalue weighted by Crippen LogP contribution is 2.20. The molecular weight excluding hydrogens is 314 g/mol. The lowest BCUT2D eigenvalue weighted by Crippen LogP contribution is -2.50. The standard InChI is InChI=1S/C20H23N3O2/c21-13-5-1-2-8-19-22-17-6-3-4-7-18(17)23(19)14-15-9-11-16(12-10-15)20(24)25/h3-4,6-7,9-12H,1-2,5,8,13-14,21H2,(H,24,25). The van der Waals surface area contributed by atoms with Gasteiger partial charge in [0.2, 0.25) is 0 Å². The van der Waals surface area contributed by atoms with Gasteiger partial charge in [-0.3, -0.25) is 0 Å². The minimum atomic E-state index is -1.15.